The lowest BCUT2D eigenvalue weighted by Gasteiger charge is -2.31. The van der Waals surface area contributed by atoms with Gasteiger partial charge >= 0.3 is 0 Å². The first-order valence-electron chi connectivity index (χ1n) is 6.31. The molecule has 7 heteroatoms. The average molecular weight is 282 g/mol. The lowest BCUT2D eigenvalue weighted by Crippen LogP contribution is -2.34. The summed E-state index contributed by atoms with van der Waals surface area (Å²) in [6, 6.07) is 3.03. The molecule has 0 saturated heterocycles. The Balaban J connectivity index is 2.15. The summed E-state index contributed by atoms with van der Waals surface area (Å²) in [5, 5.41) is 14.6. The van der Waals surface area contributed by atoms with Crippen LogP contribution in [0.25, 0.3) is 0 Å². The van der Waals surface area contributed by atoms with E-state index in [4.69, 9.17) is 5.73 Å². The van der Waals surface area contributed by atoms with E-state index in [1.807, 2.05) is 11.8 Å². The van der Waals surface area contributed by atoms with Crippen LogP contribution in [0.4, 0.5) is 17.3 Å². The van der Waals surface area contributed by atoms with Crippen molar-refractivity contribution < 1.29 is 4.92 Å². The van der Waals surface area contributed by atoms with Crippen molar-refractivity contribution in [2.45, 2.75) is 37.0 Å². The molecule has 3 N–H and O–H groups in total. The highest BCUT2D eigenvalue weighted by atomic mass is 32.2. The summed E-state index contributed by atoms with van der Waals surface area (Å²) >= 11 is 1.83. The van der Waals surface area contributed by atoms with Gasteiger partial charge in [0.1, 0.15) is 11.6 Å². The molecule has 0 amide bonds. The number of thioether (sulfide) groups is 1. The van der Waals surface area contributed by atoms with Crippen LogP contribution in [0, 0.1) is 10.1 Å². The zero-order valence-corrected chi connectivity index (χ0v) is 11.7. The van der Waals surface area contributed by atoms with E-state index in [9.17, 15) is 10.1 Å². The number of hydrogen-bond acceptors (Lipinski definition) is 6. The fraction of sp³-hybridized carbons (Fsp3) is 0.583. The van der Waals surface area contributed by atoms with Gasteiger partial charge in [-0.2, -0.15) is 11.8 Å². The number of nitro groups is 1. The number of nitrogens with zero attached hydrogens (tertiary/aromatic N) is 2. The molecule has 104 valence electrons. The van der Waals surface area contributed by atoms with Gasteiger partial charge in [-0.25, -0.2) is 4.98 Å². The highest BCUT2D eigenvalue weighted by Gasteiger charge is 2.25. The predicted octanol–water partition coefficient (Wildman–Crippen LogP) is 2.66. The lowest BCUT2D eigenvalue weighted by atomic mass is 9.95. The Kier molecular flexibility index (Phi) is 4.47. The highest BCUT2D eigenvalue weighted by molar-refractivity contribution is 7.99. The zero-order valence-electron chi connectivity index (χ0n) is 10.8. The first-order valence-corrected chi connectivity index (χ1v) is 7.60. The fourth-order valence-electron chi connectivity index (χ4n) is 2.45. The Morgan fingerprint density at radius 1 is 1.47 bits per heavy atom. The SMILES string of the molecule is CSC1CCCCC1Nc1cc([N+](=O)[O-])cc(N)n1. The molecule has 0 aromatic carbocycles. The summed E-state index contributed by atoms with van der Waals surface area (Å²) in [5.74, 6) is 0.672. The number of pyridine rings is 1. The van der Waals surface area contributed by atoms with E-state index in [0.717, 1.165) is 6.42 Å². The van der Waals surface area contributed by atoms with Gasteiger partial charge in [0, 0.05) is 11.3 Å². The van der Waals surface area contributed by atoms with Gasteiger partial charge in [0.15, 0.2) is 0 Å². The van der Waals surface area contributed by atoms with Crippen LogP contribution in [0.3, 0.4) is 0 Å². The van der Waals surface area contributed by atoms with Crippen molar-refractivity contribution in [1.82, 2.24) is 4.98 Å². The van der Waals surface area contributed by atoms with Crippen LogP contribution in [-0.2, 0) is 0 Å². The van der Waals surface area contributed by atoms with Crippen molar-refractivity contribution in [1.29, 1.82) is 0 Å². The maximum atomic E-state index is 10.8. The molecule has 2 unspecified atom stereocenters. The quantitative estimate of drug-likeness (QED) is 0.651. The average Bonchev–Trinajstić information content (AvgIpc) is 2.38. The van der Waals surface area contributed by atoms with Gasteiger partial charge in [0.05, 0.1) is 17.1 Å². The molecule has 1 aliphatic rings. The Bertz CT molecular complexity index is 469. The van der Waals surface area contributed by atoms with E-state index in [1.165, 1.54) is 31.4 Å². The van der Waals surface area contributed by atoms with Crippen LogP contribution < -0.4 is 11.1 Å². The van der Waals surface area contributed by atoms with Gasteiger partial charge in [-0.05, 0) is 19.1 Å². The maximum Gasteiger partial charge on any atom is 0.276 e. The van der Waals surface area contributed by atoms with Gasteiger partial charge in [-0.1, -0.05) is 12.8 Å². The molecule has 1 saturated carbocycles. The lowest BCUT2D eigenvalue weighted by molar-refractivity contribution is -0.384. The highest BCUT2D eigenvalue weighted by Crippen LogP contribution is 2.30. The molecular weight excluding hydrogens is 264 g/mol. The van der Waals surface area contributed by atoms with Gasteiger partial charge < -0.3 is 11.1 Å². The molecule has 1 aliphatic carbocycles. The number of rotatable bonds is 4. The third kappa shape index (κ3) is 3.50. The molecule has 0 radical (unpaired) electrons. The topological polar surface area (TPSA) is 94.1 Å². The molecule has 0 aliphatic heterocycles. The van der Waals surface area contributed by atoms with E-state index in [0.29, 0.717) is 17.1 Å². The van der Waals surface area contributed by atoms with Crippen molar-refractivity contribution >= 4 is 29.1 Å². The van der Waals surface area contributed by atoms with E-state index >= 15 is 0 Å². The third-order valence-corrected chi connectivity index (χ3v) is 4.55. The first-order chi connectivity index (χ1) is 9.10. The first kappa shape index (κ1) is 13.9. The van der Waals surface area contributed by atoms with E-state index in [-0.39, 0.29) is 11.5 Å². The van der Waals surface area contributed by atoms with Crippen LogP contribution in [0.1, 0.15) is 25.7 Å². The van der Waals surface area contributed by atoms with Crippen molar-refractivity contribution in [3.63, 3.8) is 0 Å². The van der Waals surface area contributed by atoms with E-state index < -0.39 is 4.92 Å². The summed E-state index contributed by atoms with van der Waals surface area (Å²) in [6.45, 7) is 0. The van der Waals surface area contributed by atoms with Gasteiger partial charge in [0.25, 0.3) is 5.69 Å². The van der Waals surface area contributed by atoms with Crippen LogP contribution >= 0.6 is 11.8 Å². The summed E-state index contributed by atoms with van der Waals surface area (Å²) in [4.78, 5) is 14.5. The number of nitrogen functional groups attached to an aromatic ring is 1. The van der Waals surface area contributed by atoms with E-state index in [2.05, 4.69) is 16.6 Å². The molecular formula is C12H18N4O2S. The molecule has 1 aromatic heterocycles. The Morgan fingerprint density at radius 2 is 2.21 bits per heavy atom. The second kappa shape index (κ2) is 6.10. The standard InChI is InChI=1S/C12H18N4O2S/c1-19-10-5-3-2-4-9(10)14-12-7-8(16(17)18)6-11(13)15-12/h6-7,9-10H,2-5H2,1H3,(H3,13,14,15). The summed E-state index contributed by atoms with van der Waals surface area (Å²) in [5.41, 5.74) is 5.59. The van der Waals surface area contributed by atoms with Crippen molar-refractivity contribution in [3.8, 4) is 0 Å². The molecule has 19 heavy (non-hydrogen) atoms. The Hall–Kier alpha value is -1.50. The molecule has 2 rings (SSSR count). The minimum absolute atomic E-state index is 0.0217. The molecule has 0 spiro atoms. The maximum absolute atomic E-state index is 10.8. The molecule has 1 heterocycles. The van der Waals surface area contributed by atoms with Crippen LogP contribution in [-0.4, -0.2) is 27.5 Å². The summed E-state index contributed by atoms with van der Waals surface area (Å²) < 4.78 is 0. The Labute approximate surface area is 116 Å². The number of hydrogen-bond donors (Lipinski definition) is 2. The third-order valence-electron chi connectivity index (χ3n) is 3.38. The van der Waals surface area contributed by atoms with Crippen LogP contribution in [0.5, 0.6) is 0 Å². The van der Waals surface area contributed by atoms with Crippen LogP contribution in [0.2, 0.25) is 0 Å². The molecule has 0 bridgehead atoms. The predicted molar refractivity (Wildman–Crippen MR) is 78.5 cm³/mol. The number of aromatic nitrogens is 1. The minimum Gasteiger partial charge on any atom is -0.383 e. The normalized spacial score (nSPS) is 23.0. The minimum atomic E-state index is -0.448. The zero-order chi connectivity index (χ0) is 13.8. The van der Waals surface area contributed by atoms with Gasteiger partial charge in [-0.3, -0.25) is 10.1 Å². The summed E-state index contributed by atoms with van der Waals surface area (Å²) in [6.07, 6.45) is 6.76. The Morgan fingerprint density at radius 3 is 2.89 bits per heavy atom. The van der Waals surface area contributed by atoms with Crippen LogP contribution in [0.15, 0.2) is 12.1 Å². The molecule has 2 atom stereocenters. The monoisotopic (exact) mass is 282 g/mol. The van der Waals surface area contributed by atoms with E-state index in [1.54, 1.807) is 0 Å². The molecule has 1 aromatic rings. The van der Waals surface area contributed by atoms with Crippen molar-refractivity contribution in [2.24, 2.45) is 0 Å². The van der Waals surface area contributed by atoms with Crippen molar-refractivity contribution in [3.05, 3.63) is 22.2 Å². The van der Waals surface area contributed by atoms with Gasteiger partial charge in [0.2, 0.25) is 0 Å². The molecule has 6 nitrogen and oxygen atoms in total. The largest absolute Gasteiger partial charge is 0.383 e. The number of anilines is 2. The van der Waals surface area contributed by atoms with Crippen molar-refractivity contribution in [2.75, 3.05) is 17.3 Å². The number of nitrogens with two attached hydrogens (primary N) is 1. The fourth-order valence-corrected chi connectivity index (χ4v) is 3.39. The second-order valence-electron chi connectivity index (χ2n) is 4.70. The smallest absolute Gasteiger partial charge is 0.276 e. The number of nitrogens with one attached hydrogen (secondary N) is 1. The second-order valence-corrected chi connectivity index (χ2v) is 5.78. The summed E-state index contributed by atoms with van der Waals surface area (Å²) in [7, 11) is 0. The molecule has 1 fully saturated rings. The van der Waals surface area contributed by atoms with Gasteiger partial charge in [-0.15, -0.1) is 0 Å².